The monoisotopic (exact) mass is 303 g/mol. The molecule has 0 aliphatic carbocycles. The average Bonchev–Trinajstić information content (AvgIpc) is 2.48. The van der Waals surface area contributed by atoms with Crippen LogP contribution in [0.25, 0.3) is 0 Å². The first-order valence-corrected chi connectivity index (χ1v) is 7.85. The number of piperidine rings is 1. The molecule has 0 aromatic heterocycles. The molecule has 1 aromatic rings. The maximum Gasteiger partial charge on any atom is 0.238 e. The van der Waals surface area contributed by atoms with Gasteiger partial charge in [-0.1, -0.05) is 12.1 Å². The second kappa shape index (κ2) is 7.51. The molecule has 1 atom stereocenters. The molecular formula is C17H25N3O2. The third-order valence-corrected chi connectivity index (χ3v) is 4.32. The lowest BCUT2D eigenvalue weighted by atomic mass is 9.91. The number of Topliss-reactive ketones (excluding diaryl/α,β-unsaturated/α-hetero) is 1. The Balaban J connectivity index is 1.88. The Kier molecular flexibility index (Phi) is 5.69. The van der Waals surface area contributed by atoms with Crippen molar-refractivity contribution in [3.8, 4) is 0 Å². The van der Waals surface area contributed by atoms with E-state index >= 15 is 0 Å². The Labute approximate surface area is 131 Å². The number of carbonyl (C=O) groups is 2. The van der Waals surface area contributed by atoms with Crippen LogP contribution in [-0.4, -0.2) is 42.3 Å². The van der Waals surface area contributed by atoms with Crippen LogP contribution in [0.1, 0.15) is 37.0 Å². The Morgan fingerprint density at radius 1 is 1.32 bits per heavy atom. The molecule has 1 unspecified atom stereocenters. The standard InChI is InChI=1S/C17H25N3O2/c1-12(18)14-7-9-20(10-8-14)11-17(22)19-16-6-4-3-5-15(16)13(2)21/h3-6,12,14H,7-11,18H2,1-2H3,(H,19,22). The van der Waals surface area contributed by atoms with Crippen LogP contribution in [0.15, 0.2) is 24.3 Å². The first kappa shape index (κ1) is 16.6. The van der Waals surface area contributed by atoms with E-state index in [-0.39, 0.29) is 17.7 Å². The summed E-state index contributed by atoms with van der Waals surface area (Å²) in [6.07, 6.45) is 2.07. The predicted molar refractivity (Wildman–Crippen MR) is 87.9 cm³/mol. The molecule has 5 nitrogen and oxygen atoms in total. The number of benzene rings is 1. The van der Waals surface area contributed by atoms with Gasteiger partial charge < -0.3 is 11.1 Å². The van der Waals surface area contributed by atoms with E-state index in [4.69, 9.17) is 5.73 Å². The van der Waals surface area contributed by atoms with Crippen LogP contribution in [0.5, 0.6) is 0 Å². The summed E-state index contributed by atoms with van der Waals surface area (Å²) in [6.45, 7) is 5.70. The summed E-state index contributed by atoms with van der Waals surface area (Å²) in [5, 5.41) is 2.85. The van der Waals surface area contributed by atoms with E-state index in [9.17, 15) is 9.59 Å². The minimum Gasteiger partial charge on any atom is -0.328 e. The number of likely N-dealkylation sites (tertiary alicyclic amines) is 1. The second-order valence-corrected chi connectivity index (χ2v) is 6.12. The summed E-state index contributed by atoms with van der Waals surface area (Å²) in [7, 11) is 0. The Morgan fingerprint density at radius 3 is 2.55 bits per heavy atom. The minimum absolute atomic E-state index is 0.0475. The number of amides is 1. The third kappa shape index (κ3) is 4.39. The molecule has 1 heterocycles. The molecule has 5 heteroatoms. The second-order valence-electron chi connectivity index (χ2n) is 6.12. The number of nitrogens with one attached hydrogen (secondary N) is 1. The zero-order valence-corrected chi connectivity index (χ0v) is 13.3. The van der Waals surface area contributed by atoms with E-state index in [0.29, 0.717) is 23.7 Å². The quantitative estimate of drug-likeness (QED) is 0.815. The van der Waals surface area contributed by atoms with E-state index in [1.165, 1.54) is 6.92 Å². The normalized spacial score (nSPS) is 18.0. The van der Waals surface area contributed by atoms with Gasteiger partial charge in [-0.05, 0) is 57.8 Å². The molecule has 1 aromatic carbocycles. The lowest BCUT2D eigenvalue weighted by Gasteiger charge is -2.33. The van der Waals surface area contributed by atoms with Crippen LogP contribution in [0.2, 0.25) is 0 Å². The van der Waals surface area contributed by atoms with Gasteiger partial charge >= 0.3 is 0 Å². The van der Waals surface area contributed by atoms with E-state index in [1.807, 2.05) is 13.0 Å². The van der Waals surface area contributed by atoms with Crippen molar-refractivity contribution in [1.29, 1.82) is 0 Å². The minimum atomic E-state index is -0.0760. The van der Waals surface area contributed by atoms with Crippen molar-refractivity contribution in [2.24, 2.45) is 11.7 Å². The molecule has 22 heavy (non-hydrogen) atoms. The van der Waals surface area contributed by atoms with Crippen molar-refractivity contribution in [2.45, 2.75) is 32.7 Å². The van der Waals surface area contributed by atoms with E-state index < -0.39 is 0 Å². The van der Waals surface area contributed by atoms with Crippen molar-refractivity contribution in [1.82, 2.24) is 4.90 Å². The lowest BCUT2D eigenvalue weighted by Crippen LogP contribution is -2.42. The molecule has 1 saturated heterocycles. The number of nitrogens with zero attached hydrogens (tertiary/aromatic N) is 1. The predicted octanol–water partition coefficient (Wildman–Crippen LogP) is 1.89. The van der Waals surface area contributed by atoms with Crippen molar-refractivity contribution in [3.63, 3.8) is 0 Å². The molecule has 1 amide bonds. The Hall–Kier alpha value is -1.72. The molecule has 0 saturated carbocycles. The fraction of sp³-hybridized carbons (Fsp3) is 0.529. The maximum atomic E-state index is 12.2. The van der Waals surface area contributed by atoms with Gasteiger partial charge in [0, 0.05) is 11.6 Å². The highest BCUT2D eigenvalue weighted by Crippen LogP contribution is 2.20. The number of hydrogen-bond acceptors (Lipinski definition) is 4. The summed E-state index contributed by atoms with van der Waals surface area (Å²) in [5.74, 6) is 0.430. The van der Waals surface area contributed by atoms with Gasteiger partial charge in [0.25, 0.3) is 0 Å². The van der Waals surface area contributed by atoms with Crippen LogP contribution in [0, 0.1) is 5.92 Å². The van der Waals surface area contributed by atoms with Crippen LogP contribution in [0.3, 0.4) is 0 Å². The largest absolute Gasteiger partial charge is 0.328 e. The number of carbonyl (C=O) groups excluding carboxylic acids is 2. The van der Waals surface area contributed by atoms with Gasteiger partial charge in [0.2, 0.25) is 5.91 Å². The van der Waals surface area contributed by atoms with Crippen molar-refractivity contribution in [2.75, 3.05) is 25.0 Å². The van der Waals surface area contributed by atoms with Crippen LogP contribution in [0.4, 0.5) is 5.69 Å². The van der Waals surface area contributed by atoms with Crippen molar-refractivity contribution < 1.29 is 9.59 Å². The number of para-hydroxylation sites is 1. The first-order valence-electron chi connectivity index (χ1n) is 7.85. The summed E-state index contributed by atoms with van der Waals surface area (Å²) >= 11 is 0. The smallest absolute Gasteiger partial charge is 0.238 e. The number of anilines is 1. The molecule has 120 valence electrons. The fourth-order valence-electron chi connectivity index (χ4n) is 2.93. The first-order chi connectivity index (χ1) is 10.5. The zero-order valence-electron chi connectivity index (χ0n) is 13.3. The SMILES string of the molecule is CC(=O)c1ccccc1NC(=O)CN1CCC(C(C)N)CC1. The van der Waals surface area contributed by atoms with Crippen LogP contribution >= 0.6 is 0 Å². The van der Waals surface area contributed by atoms with Gasteiger partial charge in [-0.2, -0.15) is 0 Å². The van der Waals surface area contributed by atoms with Gasteiger partial charge in [0.05, 0.1) is 12.2 Å². The molecular weight excluding hydrogens is 278 g/mol. The maximum absolute atomic E-state index is 12.2. The number of rotatable bonds is 5. The third-order valence-electron chi connectivity index (χ3n) is 4.32. The molecule has 3 N–H and O–H groups in total. The van der Waals surface area contributed by atoms with Crippen molar-refractivity contribution in [3.05, 3.63) is 29.8 Å². The highest BCUT2D eigenvalue weighted by atomic mass is 16.2. The van der Waals surface area contributed by atoms with Gasteiger partial charge in [0.15, 0.2) is 5.78 Å². The zero-order chi connectivity index (χ0) is 16.1. The summed E-state index contributed by atoms with van der Waals surface area (Å²) in [6, 6.07) is 7.32. The highest BCUT2D eigenvalue weighted by Gasteiger charge is 2.23. The highest BCUT2D eigenvalue weighted by molar-refractivity contribution is 6.04. The Bertz CT molecular complexity index is 534. The van der Waals surface area contributed by atoms with Gasteiger partial charge in [-0.15, -0.1) is 0 Å². The molecule has 1 aliphatic heterocycles. The lowest BCUT2D eigenvalue weighted by molar-refractivity contribution is -0.117. The van der Waals surface area contributed by atoms with E-state index in [1.54, 1.807) is 18.2 Å². The summed E-state index contributed by atoms with van der Waals surface area (Å²) in [4.78, 5) is 25.9. The van der Waals surface area contributed by atoms with Gasteiger partial charge in [-0.25, -0.2) is 0 Å². The number of hydrogen-bond donors (Lipinski definition) is 2. The molecule has 0 bridgehead atoms. The van der Waals surface area contributed by atoms with Gasteiger partial charge in [0.1, 0.15) is 0 Å². The van der Waals surface area contributed by atoms with Crippen LogP contribution < -0.4 is 11.1 Å². The number of nitrogens with two attached hydrogens (primary N) is 1. The molecule has 1 fully saturated rings. The topological polar surface area (TPSA) is 75.4 Å². The van der Waals surface area contributed by atoms with Crippen molar-refractivity contribution >= 4 is 17.4 Å². The average molecular weight is 303 g/mol. The molecule has 0 radical (unpaired) electrons. The molecule has 2 rings (SSSR count). The van der Waals surface area contributed by atoms with Gasteiger partial charge in [-0.3, -0.25) is 14.5 Å². The Morgan fingerprint density at radius 2 is 1.95 bits per heavy atom. The summed E-state index contributed by atoms with van der Waals surface area (Å²) < 4.78 is 0. The van der Waals surface area contributed by atoms with E-state index in [2.05, 4.69) is 10.2 Å². The number of ketones is 1. The molecule has 0 spiro atoms. The molecule has 1 aliphatic rings. The summed E-state index contributed by atoms with van der Waals surface area (Å²) in [5.41, 5.74) is 7.07. The van der Waals surface area contributed by atoms with Crippen LogP contribution in [-0.2, 0) is 4.79 Å². The fourth-order valence-corrected chi connectivity index (χ4v) is 2.93. The van der Waals surface area contributed by atoms with E-state index in [0.717, 1.165) is 25.9 Å².